The van der Waals surface area contributed by atoms with Crippen molar-refractivity contribution in [1.29, 1.82) is 0 Å². The quantitative estimate of drug-likeness (QED) is 0.770. The Kier molecular flexibility index (Phi) is 4.39. The smallest absolute Gasteiger partial charge is 0.328 e. The molecule has 1 aromatic carbocycles. The van der Waals surface area contributed by atoms with E-state index in [1.807, 2.05) is 12.1 Å². The maximum absolute atomic E-state index is 12.1. The van der Waals surface area contributed by atoms with Gasteiger partial charge in [-0.15, -0.1) is 0 Å². The first-order chi connectivity index (χ1) is 9.49. The van der Waals surface area contributed by atoms with Crippen molar-refractivity contribution in [2.24, 2.45) is 0 Å². The minimum Gasteiger partial charge on any atom is -0.480 e. The molecular weight excluding hydrogens is 258 g/mol. The van der Waals surface area contributed by atoms with Crippen LogP contribution in [0.1, 0.15) is 41.3 Å². The van der Waals surface area contributed by atoms with Crippen LogP contribution in [-0.4, -0.2) is 34.2 Å². The molecule has 0 bridgehead atoms. The van der Waals surface area contributed by atoms with Crippen LogP contribution in [0.2, 0.25) is 0 Å². The highest BCUT2D eigenvalue weighted by Crippen LogP contribution is 2.22. The Morgan fingerprint density at radius 1 is 1.20 bits per heavy atom. The molecule has 108 valence electrons. The Morgan fingerprint density at radius 2 is 1.85 bits per heavy atom. The fraction of sp³-hybridized carbons (Fsp3) is 0.467. The van der Waals surface area contributed by atoms with Crippen LogP contribution < -0.4 is 5.32 Å². The number of aliphatic hydroxyl groups excluding tert-OH is 1. The van der Waals surface area contributed by atoms with E-state index in [9.17, 15) is 14.7 Å². The van der Waals surface area contributed by atoms with Crippen molar-refractivity contribution in [3.8, 4) is 0 Å². The number of benzene rings is 1. The van der Waals surface area contributed by atoms with E-state index >= 15 is 0 Å². The molecule has 0 aliphatic heterocycles. The second-order valence-corrected chi connectivity index (χ2v) is 5.22. The average molecular weight is 277 g/mol. The molecule has 0 fully saturated rings. The van der Waals surface area contributed by atoms with Crippen molar-refractivity contribution < 1.29 is 19.8 Å². The number of aliphatic hydroxyl groups is 1. The van der Waals surface area contributed by atoms with Crippen LogP contribution in [0.15, 0.2) is 18.2 Å². The zero-order valence-corrected chi connectivity index (χ0v) is 11.4. The molecule has 1 aliphatic rings. The Balaban J connectivity index is 2.15. The van der Waals surface area contributed by atoms with Crippen LogP contribution >= 0.6 is 0 Å². The molecule has 0 radical (unpaired) electrons. The van der Waals surface area contributed by atoms with E-state index in [4.69, 9.17) is 5.11 Å². The van der Waals surface area contributed by atoms with Gasteiger partial charge in [0, 0.05) is 5.56 Å². The number of amides is 1. The van der Waals surface area contributed by atoms with Gasteiger partial charge in [0.1, 0.15) is 0 Å². The van der Waals surface area contributed by atoms with E-state index < -0.39 is 24.0 Å². The maximum Gasteiger partial charge on any atom is 0.328 e. The van der Waals surface area contributed by atoms with Crippen LogP contribution in [0.3, 0.4) is 0 Å². The number of aliphatic carboxylic acids is 1. The Bertz CT molecular complexity index is 525. The number of carbonyl (C=O) groups excluding carboxylic acids is 1. The fourth-order valence-electron chi connectivity index (χ4n) is 2.49. The van der Waals surface area contributed by atoms with E-state index in [0.29, 0.717) is 5.56 Å². The summed E-state index contributed by atoms with van der Waals surface area (Å²) in [4.78, 5) is 23.0. The summed E-state index contributed by atoms with van der Waals surface area (Å²) >= 11 is 0. The summed E-state index contributed by atoms with van der Waals surface area (Å²) < 4.78 is 0. The molecule has 0 unspecified atom stereocenters. The highest BCUT2D eigenvalue weighted by molar-refractivity contribution is 5.97. The predicted molar refractivity (Wildman–Crippen MR) is 73.7 cm³/mol. The van der Waals surface area contributed by atoms with Gasteiger partial charge >= 0.3 is 5.97 Å². The summed E-state index contributed by atoms with van der Waals surface area (Å²) in [5.41, 5.74) is 2.86. The lowest BCUT2D eigenvalue weighted by Gasteiger charge is -2.19. The number of hydrogen-bond donors (Lipinski definition) is 3. The van der Waals surface area contributed by atoms with Gasteiger partial charge in [-0.25, -0.2) is 4.79 Å². The van der Waals surface area contributed by atoms with Crippen LogP contribution in [0.5, 0.6) is 0 Å². The molecule has 20 heavy (non-hydrogen) atoms. The lowest BCUT2D eigenvalue weighted by Crippen LogP contribution is -2.47. The zero-order valence-electron chi connectivity index (χ0n) is 11.4. The van der Waals surface area contributed by atoms with E-state index in [1.54, 1.807) is 6.07 Å². The van der Waals surface area contributed by atoms with Gasteiger partial charge in [-0.3, -0.25) is 4.79 Å². The fourth-order valence-corrected chi connectivity index (χ4v) is 2.49. The maximum atomic E-state index is 12.1. The molecule has 1 amide bonds. The molecule has 0 spiro atoms. The molecular formula is C15H19NO4. The van der Waals surface area contributed by atoms with Crippen molar-refractivity contribution in [3.05, 3.63) is 34.9 Å². The normalized spacial score (nSPS) is 16.9. The first-order valence-corrected chi connectivity index (χ1v) is 6.82. The number of carboxylic acids is 1. The minimum atomic E-state index is -1.29. The van der Waals surface area contributed by atoms with Crippen LogP contribution in [0.4, 0.5) is 0 Å². The molecule has 0 aromatic heterocycles. The number of carbonyl (C=O) groups is 2. The van der Waals surface area contributed by atoms with Crippen LogP contribution in [0, 0.1) is 0 Å². The number of hydrogen-bond acceptors (Lipinski definition) is 3. The lowest BCUT2D eigenvalue weighted by molar-refractivity contribution is -0.141. The highest BCUT2D eigenvalue weighted by Gasteiger charge is 2.25. The van der Waals surface area contributed by atoms with Gasteiger partial charge in [0.15, 0.2) is 6.04 Å². The minimum absolute atomic E-state index is 0.442. The summed E-state index contributed by atoms with van der Waals surface area (Å²) in [5, 5.41) is 20.7. The first kappa shape index (κ1) is 14.5. The van der Waals surface area contributed by atoms with Crippen molar-refractivity contribution in [2.75, 3.05) is 0 Å². The van der Waals surface area contributed by atoms with E-state index in [1.165, 1.54) is 18.9 Å². The molecule has 2 rings (SSSR count). The molecule has 3 N–H and O–H groups in total. The average Bonchev–Trinajstić information content (AvgIpc) is 2.43. The van der Waals surface area contributed by atoms with Gasteiger partial charge in [-0.05, 0) is 55.9 Å². The third-order valence-corrected chi connectivity index (χ3v) is 3.65. The zero-order chi connectivity index (χ0) is 14.7. The van der Waals surface area contributed by atoms with Gasteiger partial charge in [0.25, 0.3) is 5.91 Å². The van der Waals surface area contributed by atoms with Gasteiger partial charge in [0.2, 0.25) is 0 Å². The second kappa shape index (κ2) is 6.05. The highest BCUT2D eigenvalue weighted by atomic mass is 16.4. The van der Waals surface area contributed by atoms with Crippen LogP contribution in [-0.2, 0) is 17.6 Å². The van der Waals surface area contributed by atoms with Crippen molar-refractivity contribution in [3.63, 3.8) is 0 Å². The van der Waals surface area contributed by atoms with Gasteiger partial charge in [-0.2, -0.15) is 0 Å². The number of aryl methyl sites for hydroxylation is 2. The van der Waals surface area contributed by atoms with Gasteiger partial charge < -0.3 is 15.5 Å². The Labute approximate surface area is 117 Å². The molecule has 5 nitrogen and oxygen atoms in total. The second-order valence-electron chi connectivity index (χ2n) is 5.22. The number of nitrogens with one attached hydrogen (secondary N) is 1. The molecule has 0 saturated heterocycles. The largest absolute Gasteiger partial charge is 0.480 e. The summed E-state index contributed by atoms with van der Waals surface area (Å²) in [5.74, 6) is -1.71. The molecule has 2 atom stereocenters. The SMILES string of the molecule is C[C@@H](O)[C@H](NC(=O)c1ccc2c(c1)CCCC2)C(=O)O. The number of carboxylic acid groups (broad SMARTS) is 1. The van der Waals surface area contributed by atoms with E-state index in [-0.39, 0.29) is 0 Å². The number of fused-ring (bicyclic) bond motifs is 1. The van der Waals surface area contributed by atoms with Gasteiger partial charge in [-0.1, -0.05) is 6.07 Å². The van der Waals surface area contributed by atoms with Crippen molar-refractivity contribution in [1.82, 2.24) is 5.32 Å². The van der Waals surface area contributed by atoms with Crippen molar-refractivity contribution in [2.45, 2.75) is 44.8 Å². The molecule has 0 saturated carbocycles. The Hall–Kier alpha value is -1.88. The predicted octanol–water partition coefficient (Wildman–Crippen LogP) is 1.13. The third-order valence-electron chi connectivity index (χ3n) is 3.65. The monoisotopic (exact) mass is 277 g/mol. The molecule has 1 aromatic rings. The summed E-state index contributed by atoms with van der Waals surface area (Å²) in [6.07, 6.45) is 3.12. The standard InChI is InChI=1S/C15H19NO4/c1-9(17)13(15(19)20)16-14(18)12-7-6-10-4-2-3-5-11(10)8-12/h6-9,13,17H,2-5H2,1H3,(H,16,18)(H,19,20)/t9-,13+/m1/s1. The first-order valence-electron chi connectivity index (χ1n) is 6.82. The summed E-state index contributed by atoms with van der Waals surface area (Å²) in [6.45, 7) is 1.34. The number of rotatable bonds is 4. The molecule has 1 aliphatic carbocycles. The molecule has 0 heterocycles. The lowest BCUT2D eigenvalue weighted by atomic mass is 9.90. The summed E-state index contributed by atoms with van der Waals surface area (Å²) in [6, 6.07) is 4.17. The van der Waals surface area contributed by atoms with E-state index in [0.717, 1.165) is 24.8 Å². The Morgan fingerprint density at radius 3 is 2.45 bits per heavy atom. The van der Waals surface area contributed by atoms with Crippen LogP contribution in [0.25, 0.3) is 0 Å². The van der Waals surface area contributed by atoms with Crippen molar-refractivity contribution >= 4 is 11.9 Å². The van der Waals surface area contributed by atoms with E-state index in [2.05, 4.69) is 5.32 Å². The third kappa shape index (κ3) is 3.17. The summed E-state index contributed by atoms with van der Waals surface area (Å²) in [7, 11) is 0. The van der Waals surface area contributed by atoms with Gasteiger partial charge in [0.05, 0.1) is 6.10 Å². The topological polar surface area (TPSA) is 86.6 Å². The molecule has 5 heteroatoms.